The lowest BCUT2D eigenvalue weighted by Crippen LogP contribution is -2.54. The zero-order valence-corrected chi connectivity index (χ0v) is 14.8. The van der Waals surface area contributed by atoms with E-state index in [0.717, 1.165) is 24.9 Å². The lowest BCUT2D eigenvalue weighted by Gasteiger charge is -2.44. The predicted molar refractivity (Wildman–Crippen MR) is 89.9 cm³/mol. The van der Waals surface area contributed by atoms with Crippen LogP contribution in [-0.2, 0) is 0 Å². The first-order valence-electron chi connectivity index (χ1n) is 8.70. The molecule has 0 saturated heterocycles. The van der Waals surface area contributed by atoms with Crippen LogP contribution in [0.25, 0.3) is 0 Å². The van der Waals surface area contributed by atoms with Gasteiger partial charge in [0.25, 0.3) is 0 Å². The summed E-state index contributed by atoms with van der Waals surface area (Å²) in [6.45, 7) is 17.3. The van der Waals surface area contributed by atoms with Gasteiger partial charge in [0.15, 0.2) is 0 Å². The highest BCUT2D eigenvalue weighted by molar-refractivity contribution is 4.95. The number of rotatable bonds is 5. The van der Waals surface area contributed by atoms with Gasteiger partial charge in [0, 0.05) is 18.6 Å². The SMILES string of the molecule is CCN(CC(C)C)C1(CN)CCCC(C(C)(C)C)CC1. The smallest absolute Gasteiger partial charge is 0.0331 e. The Morgan fingerprint density at radius 3 is 2.30 bits per heavy atom. The number of nitrogens with zero attached hydrogens (tertiary/aromatic N) is 1. The largest absolute Gasteiger partial charge is 0.329 e. The molecule has 1 aliphatic carbocycles. The molecule has 0 radical (unpaired) electrons. The monoisotopic (exact) mass is 282 g/mol. The summed E-state index contributed by atoms with van der Waals surface area (Å²) in [5.74, 6) is 1.58. The van der Waals surface area contributed by atoms with Crippen LogP contribution in [0.15, 0.2) is 0 Å². The number of hydrogen-bond acceptors (Lipinski definition) is 2. The third-order valence-electron chi connectivity index (χ3n) is 5.40. The number of hydrogen-bond donors (Lipinski definition) is 1. The molecule has 0 aliphatic heterocycles. The molecule has 2 atom stereocenters. The highest BCUT2D eigenvalue weighted by Crippen LogP contribution is 2.41. The normalized spacial score (nSPS) is 28.9. The molecule has 120 valence electrons. The Hall–Kier alpha value is -0.0800. The third-order valence-corrected chi connectivity index (χ3v) is 5.40. The first kappa shape index (κ1) is 18.0. The van der Waals surface area contributed by atoms with Crippen molar-refractivity contribution in [3.05, 3.63) is 0 Å². The van der Waals surface area contributed by atoms with Gasteiger partial charge in [0.05, 0.1) is 0 Å². The van der Waals surface area contributed by atoms with Crippen LogP contribution in [0, 0.1) is 17.3 Å². The molecule has 2 unspecified atom stereocenters. The first-order valence-corrected chi connectivity index (χ1v) is 8.70. The Bertz CT molecular complexity index is 280. The first-order chi connectivity index (χ1) is 9.25. The fraction of sp³-hybridized carbons (Fsp3) is 1.00. The number of likely N-dealkylation sites (N-methyl/N-ethyl adjacent to an activating group) is 1. The Morgan fingerprint density at radius 2 is 1.85 bits per heavy atom. The zero-order valence-electron chi connectivity index (χ0n) is 14.8. The molecule has 2 N–H and O–H groups in total. The van der Waals surface area contributed by atoms with Crippen molar-refractivity contribution in [2.75, 3.05) is 19.6 Å². The summed E-state index contributed by atoms with van der Waals surface area (Å²) in [7, 11) is 0. The maximum Gasteiger partial charge on any atom is 0.0331 e. The van der Waals surface area contributed by atoms with Crippen molar-refractivity contribution in [3.63, 3.8) is 0 Å². The van der Waals surface area contributed by atoms with Gasteiger partial charge in [-0.15, -0.1) is 0 Å². The summed E-state index contributed by atoms with van der Waals surface area (Å²) in [4.78, 5) is 2.68. The molecule has 1 fully saturated rings. The van der Waals surface area contributed by atoms with E-state index in [1.807, 2.05) is 0 Å². The summed E-state index contributed by atoms with van der Waals surface area (Å²) >= 11 is 0. The van der Waals surface area contributed by atoms with E-state index in [1.165, 1.54) is 38.6 Å². The molecule has 0 aromatic heterocycles. The van der Waals surface area contributed by atoms with Crippen molar-refractivity contribution >= 4 is 0 Å². The van der Waals surface area contributed by atoms with Crippen LogP contribution in [0.2, 0.25) is 0 Å². The van der Waals surface area contributed by atoms with Gasteiger partial charge in [0.2, 0.25) is 0 Å². The minimum Gasteiger partial charge on any atom is -0.329 e. The van der Waals surface area contributed by atoms with Crippen molar-refractivity contribution in [2.24, 2.45) is 23.0 Å². The molecular weight excluding hydrogens is 244 g/mol. The van der Waals surface area contributed by atoms with Gasteiger partial charge in [-0.05, 0) is 49.5 Å². The molecule has 2 nitrogen and oxygen atoms in total. The Morgan fingerprint density at radius 1 is 1.20 bits per heavy atom. The van der Waals surface area contributed by atoms with Crippen LogP contribution in [0.5, 0.6) is 0 Å². The summed E-state index contributed by atoms with van der Waals surface area (Å²) < 4.78 is 0. The minimum atomic E-state index is 0.263. The third kappa shape index (κ3) is 4.46. The molecule has 1 saturated carbocycles. The lowest BCUT2D eigenvalue weighted by atomic mass is 9.76. The van der Waals surface area contributed by atoms with E-state index < -0.39 is 0 Å². The van der Waals surface area contributed by atoms with E-state index in [9.17, 15) is 0 Å². The van der Waals surface area contributed by atoms with Gasteiger partial charge in [-0.25, -0.2) is 0 Å². The van der Waals surface area contributed by atoms with Crippen molar-refractivity contribution < 1.29 is 0 Å². The van der Waals surface area contributed by atoms with Crippen molar-refractivity contribution in [1.82, 2.24) is 4.90 Å². The van der Waals surface area contributed by atoms with Crippen LogP contribution in [0.4, 0.5) is 0 Å². The molecule has 0 heterocycles. The van der Waals surface area contributed by atoms with Crippen molar-refractivity contribution in [2.45, 2.75) is 79.2 Å². The zero-order chi connectivity index (χ0) is 15.4. The molecule has 0 aromatic carbocycles. The van der Waals surface area contributed by atoms with Crippen LogP contribution in [-0.4, -0.2) is 30.1 Å². The van der Waals surface area contributed by atoms with Crippen LogP contribution in [0.1, 0.15) is 73.6 Å². The van der Waals surface area contributed by atoms with Crippen molar-refractivity contribution in [3.8, 4) is 0 Å². The average molecular weight is 283 g/mol. The van der Waals surface area contributed by atoms with Crippen LogP contribution < -0.4 is 5.73 Å². The second kappa shape index (κ2) is 7.26. The van der Waals surface area contributed by atoms with Gasteiger partial charge in [-0.3, -0.25) is 4.90 Å². The molecule has 1 rings (SSSR count). The van der Waals surface area contributed by atoms with Crippen LogP contribution >= 0.6 is 0 Å². The standard InChI is InChI=1S/C18H38N2/c1-7-20(13-15(2)3)18(14-19)11-8-9-16(10-12-18)17(4,5)6/h15-16H,7-14,19H2,1-6H3. The quantitative estimate of drug-likeness (QED) is 0.762. The Balaban J connectivity index is 2.83. The van der Waals surface area contributed by atoms with Gasteiger partial charge in [-0.1, -0.05) is 48.0 Å². The molecule has 0 spiro atoms. The molecule has 0 aromatic rings. The van der Waals surface area contributed by atoms with Gasteiger partial charge >= 0.3 is 0 Å². The summed E-state index contributed by atoms with van der Waals surface area (Å²) in [5.41, 5.74) is 6.98. The second-order valence-electron chi connectivity index (χ2n) is 8.35. The summed E-state index contributed by atoms with van der Waals surface area (Å²) in [6, 6.07) is 0. The molecular formula is C18H38N2. The Labute approximate surface area is 127 Å². The fourth-order valence-corrected chi connectivity index (χ4v) is 4.00. The van der Waals surface area contributed by atoms with Gasteiger partial charge < -0.3 is 5.73 Å². The van der Waals surface area contributed by atoms with Gasteiger partial charge in [0.1, 0.15) is 0 Å². The topological polar surface area (TPSA) is 29.3 Å². The fourth-order valence-electron chi connectivity index (χ4n) is 4.00. The molecule has 2 heteroatoms. The van der Waals surface area contributed by atoms with E-state index in [1.54, 1.807) is 0 Å². The minimum absolute atomic E-state index is 0.263. The Kier molecular flexibility index (Phi) is 6.53. The van der Waals surface area contributed by atoms with E-state index in [0.29, 0.717) is 5.41 Å². The van der Waals surface area contributed by atoms with E-state index in [-0.39, 0.29) is 5.54 Å². The highest BCUT2D eigenvalue weighted by atomic mass is 15.2. The molecule has 0 bridgehead atoms. The maximum atomic E-state index is 6.27. The highest BCUT2D eigenvalue weighted by Gasteiger charge is 2.38. The average Bonchev–Trinajstić information content (AvgIpc) is 2.58. The summed E-state index contributed by atoms with van der Waals surface area (Å²) in [5, 5.41) is 0. The van der Waals surface area contributed by atoms with Gasteiger partial charge in [-0.2, -0.15) is 0 Å². The number of nitrogens with two attached hydrogens (primary N) is 1. The van der Waals surface area contributed by atoms with Crippen molar-refractivity contribution in [1.29, 1.82) is 0 Å². The molecule has 20 heavy (non-hydrogen) atoms. The lowest BCUT2D eigenvalue weighted by molar-refractivity contribution is 0.0682. The maximum absolute atomic E-state index is 6.27. The van der Waals surface area contributed by atoms with E-state index >= 15 is 0 Å². The van der Waals surface area contributed by atoms with E-state index in [4.69, 9.17) is 5.73 Å². The molecule has 1 aliphatic rings. The summed E-state index contributed by atoms with van der Waals surface area (Å²) in [6.07, 6.45) is 6.64. The predicted octanol–water partition coefficient (Wildman–Crippen LogP) is 4.29. The second-order valence-corrected chi connectivity index (χ2v) is 8.35. The van der Waals surface area contributed by atoms with E-state index in [2.05, 4.69) is 46.4 Å². The van der Waals surface area contributed by atoms with Crippen LogP contribution in [0.3, 0.4) is 0 Å². The molecule has 0 amide bonds.